The number of hydrogen-bond donors (Lipinski definition) is 1. The Labute approximate surface area is 148 Å². The summed E-state index contributed by atoms with van der Waals surface area (Å²) in [6.07, 6.45) is 0. The van der Waals surface area contributed by atoms with E-state index in [-0.39, 0.29) is 5.91 Å². The second-order valence-electron chi connectivity index (χ2n) is 6.35. The van der Waals surface area contributed by atoms with Gasteiger partial charge in [0.1, 0.15) is 13.2 Å². The van der Waals surface area contributed by atoms with Crippen molar-refractivity contribution in [2.75, 3.05) is 26.8 Å². The zero-order chi connectivity index (χ0) is 17.6. The molecule has 0 fully saturated rings. The summed E-state index contributed by atoms with van der Waals surface area (Å²) < 4.78 is 11.1. The van der Waals surface area contributed by atoms with Crippen molar-refractivity contribution in [3.63, 3.8) is 0 Å². The van der Waals surface area contributed by atoms with E-state index in [1.165, 1.54) is 5.56 Å². The fraction of sp³-hybridized carbons (Fsp3) is 0.350. The third kappa shape index (κ3) is 4.73. The topological polar surface area (TPSA) is 50.8 Å². The molecule has 0 atom stereocenters. The molecule has 0 unspecified atom stereocenters. The van der Waals surface area contributed by atoms with Crippen LogP contribution >= 0.6 is 0 Å². The first-order valence-electron chi connectivity index (χ1n) is 8.50. The summed E-state index contributed by atoms with van der Waals surface area (Å²) in [6.45, 7) is 4.80. The Balaban J connectivity index is 1.49. The highest BCUT2D eigenvalue weighted by Gasteiger charge is 2.13. The average molecular weight is 340 g/mol. The molecule has 0 saturated carbocycles. The molecule has 3 rings (SSSR count). The van der Waals surface area contributed by atoms with E-state index < -0.39 is 0 Å². The largest absolute Gasteiger partial charge is 0.486 e. The molecule has 2 aromatic rings. The van der Waals surface area contributed by atoms with Crippen LogP contribution in [0.2, 0.25) is 0 Å². The molecule has 132 valence electrons. The number of fused-ring (bicyclic) bond motifs is 1. The highest BCUT2D eigenvalue weighted by Crippen LogP contribution is 2.30. The number of carbonyl (C=O) groups is 1. The first kappa shape index (κ1) is 17.3. The molecule has 0 aliphatic carbocycles. The van der Waals surface area contributed by atoms with Gasteiger partial charge < -0.3 is 14.8 Å². The maximum atomic E-state index is 12.2. The van der Waals surface area contributed by atoms with Gasteiger partial charge in [0.2, 0.25) is 5.91 Å². The number of nitrogens with zero attached hydrogens (tertiary/aromatic N) is 1. The SMILES string of the molecule is Cc1ccccc1CNC(=O)CN(C)Cc1ccc2c(c1)OCCO2. The van der Waals surface area contributed by atoms with Gasteiger partial charge in [-0.1, -0.05) is 30.3 Å². The number of benzene rings is 2. The van der Waals surface area contributed by atoms with E-state index in [9.17, 15) is 4.79 Å². The Morgan fingerprint density at radius 3 is 2.68 bits per heavy atom. The summed E-state index contributed by atoms with van der Waals surface area (Å²) in [4.78, 5) is 14.1. The van der Waals surface area contributed by atoms with Gasteiger partial charge in [-0.05, 0) is 42.8 Å². The molecule has 0 radical (unpaired) electrons. The Morgan fingerprint density at radius 2 is 1.88 bits per heavy atom. The predicted octanol–water partition coefficient (Wildman–Crippen LogP) is 2.51. The smallest absolute Gasteiger partial charge is 0.234 e. The quantitative estimate of drug-likeness (QED) is 0.878. The normalized spacial score (nSPS) is 12.9. The van der Waals surface area contributed by atoms with E-state index in [4.69, 9.17) is 9.47 Å². The van der Waals surface area contributed by atoms with Crippen molar-refractivity contribution in [3.05, 3.63) is 59.2 Å². The van der Waals surface area contributed by atoms with E-state index in [1.54, 1.807) is 0 Å². The zero-order valence-corrected chi connectivity index (χ0v) is 14.7. The second kappa shape index (κ2) is 8.03. The molecule has 5 nitrogen and oxygen atoms in total. The summed E-state index contributed by atoms with van der Waals surface area (Å²) in [7, 11) is 1.93. The number of ether oxygens (including phenoxy) is 2. The minimum Gasteiger partial charge on any atom is -0.486 e. The molecule has 25 heavy (non-hydrogen) atoms. The van der Waals surface area contributed by atoms with Crippen molar-refractivity contribution in [3.8, 4) is 11.5 Å². The monoisotopic (exact) mass is 340 g/mol. The summed E-state index contributed by atoms with van der Waals surface area (Å²) in [5, 5.41) is 2.98. The van der Waals surface area contributed by atoms with Gasteiger partial charge in [0.25, 0.3) is 0 Å². The van der Waals surface area contributed by atoms with Crippen LogP contribution in [-0.2, 0) is 17.9 Å². The van der Waals surface area contributed by atoms with Crippen molar-refractivity contribution in [1.29, 1.82) is 0 Å². The molecule has 1 N–H and O–H groups in total. The Morgan fingerprint density at radius 1 is 1.12 bits per heavy atom. The minimum absolute atomic E-state index is 0.0169. The van der Waals surface area contributed by atoms with Crippen LogP contribution in [0.3, 0.4) is 0 Å². The molecule has 0 bridgehead atoms. The van der Waals surface area contributed by atoms with Crippen LogP contribution < -0.4 is 14.8 Å². The molecular weight excluding hydrogens is 316 g/mol. The van der Waals surface area contributed by atoms with E-state index in [0.717, 1.165) is 22.6 Å². The summed E-state index contributed by atoms with van der Waals surface area (Å²) in [5.41, 5.74) is 3.43. The Kier molecular flexibility index (Phi) is 5.56. The first-order valence-corrected chi connectivity index (χ1v) is 8.50. The first-order chi connectivity index (χ1) is 12.1. The van der Waals surface area contributed by atoms with Gasteiger partial charge in [-0.2, -0.15) is 0 Å². The molecule has 2 aromatic carbocycles. The summed E-state index contributed by atoms with van der Waals surface area (Å²) in [5.74, 6) is 1.58. The van der Waals surface area contributed by atoms with Crippen LogP contribution in [0, 0.1) is 6.92 Å². The molecule has 1 amide bonds. The van der Waals surface area contributed by atoms with Gasteiger partial charge in [0.15, 0.2) is 11.5 Å². The number of aryl methyl sites for hydroxylation is 1. The van der Waals surface area contributed by atoms with Gasteiger partial charge in [0.05, 0.1) is 6.54 Å². The third-order valence-electron chi connectivity index (χ3n) is 4.21. The van der Waals surface area contributed by atoms with E-state index >= 15 is 0 Å². The average Bonchev–Trinajstić information content (AvgIpc) is 2.61. The second-order valence-corrected chi connectivity index (χ2v) is 6.35. The lowest BCUT2D eigenvalue weighted by Crippen LogP contribution is -2.34. The molecule has 1 aliphatic rings. The van der Waals surface area contributed by atoms with Crippen LogP contribution in [0.15, 0.2) is 42.5 Å². The van der Waals surface area contributed by atoms with Crippen LogP contribution in [-0.4, -0.2) is 37.6 Å². The Bertz CT molecular complexity index is 745. The lowest BCUT2D eigenvalue weighted by molar-refractivity contribution is -0.122. The van der Waals surface area contributed by atoms with Crippen LogP contribution in [0.4, 0.5) is 0 Å². The van der Waals surface area contributed by atoms with Crippen molar-refractivity contribution in [2.45, 2.75) is 20.0 Å². The summed E-state index contributed by atoms with van der Waals surface area (Å²) >= 11 is 0. The van der Waals surface area contributed by atoms with Crippen molar-refractivity contribution >= 4 is 5.91 Å². The fourth-order valence-corrected chi connectivity index (χ4v) is 2.86. The highest BCUT2D eigenvalue weighted by molar-refractivity contribution is 5.78. The lowest BCUT2D eigenvalue weighted by atomic mass is 10.1. The van der Waals surface area contributed by atoms with Gasteiger partial charge in [-0.15, -0.1) is 0 Å². The number of rotatable bonds is 6. The van der Waals surface area contributed by atoms with Gasteiger partial charge in [0, 0.05) is 13.1 Å². The van der Waals surface area contributed by atoms with Crippen LogP contribution in [0.5, 0.6) is 11.5 Å². The van der Waals surface area contributed by atoms with Gasteiger partial charge in [-0.3, -0.25) is 9.69 Å². The molecule has 0 aromatic heterocycles. The van der Waals surface area contributed by atoms with E-state index in [2.05, 4.69) is 18.3 Å². The minimum atomic E-state index is 0.0169. The number of nitrogens with one attached hydrogen (secondary N) is 1. The molecule has 5 heteroatoms. The van der Waals surface area contributed by atoms with E-state index in [1.807, 2.05) is 48.3 Å². The molecule has 1 aliphatic heterocycles. The lowest BCUT2D eigenvalue weighted by Gasteiger charge is -2.21. The zero-order valence-electron chi connectivity index (χ0n) is 14.7. The fourth-order valence-electron chi connectivity index (χ4n) is 2.86. The maximum absolute atomic E-state index is 12.2. The van der Waals surface area contributed by atoms with Crippen LogP contribution in [0.25, 0.3) is 0 Å². The third-order valence-corrected chi connectivity index (χ3v) is 4.21. The van der Waals surface area contributed by atoms with Crippen LogP contribution in [0.1, 0.15) is 16.7 Å². The van der Waals surface area contributed by atoms with Gasteiger partial charge >= 0.3 is 0 Å². The number of hydrogen-bond acceptors (Lipinski definition) is 4. The molecular formula is C20H24N2O3. The highest BCUT2D eigenvalue weighted by atomic mass is 16.6. The summed E-state index contributed by atoms with van der Waals surface area (Å²) in [6, 6.07) is 14.0. The van der Waals surface area contributed by atoms with Gasteiger partial charge in [-0.25, -0.2) is 0 Å². The molecule has 0 saturated heterocycles. The van der Waals surface area contributed by atoms with E-state index in [0.29, 0.717) is 32.8 Å². The number of carbonyl (C=O) groups excluding carboxylic acids is 1. The number of likely N-dealkylation sites (N-methyl/N-ethyl adjacent to an activating group) is 1. The Hall–Kier alpha value is -2.53. The predicted molar refractivity (Wildman–Crippen MR) is 96.8 cm³/mol. The molecule has 1 heterocycles. The van der Waals surface area contributed by atoms with Crippen molar-refractivity contribution < 1.29 is 14.3 Å². The molecule has 0 spiro atoms. The number of amides is 1. The van der Waals surface area contributed by atoms with Crippen molar-refractivity contribution in [1.82, 2.24) is 10.2 Å². The van der Waals surface area contributed by atoms with Crippen molar-refractivity contribution in [2.24, 2.45) is 0 Å². The maximum Gasteiger partial charge on any atom is 0.234 e. The standard InChI is InChI=1S/C20H24N2O3/c1-15-5-3-4-6-17(15)12-21-20(23)14-22(2)13-16-7-8-18-19(11-16)25-10-9-24-18/h3-8,11H,9-10,12-14H2,1-2H3,(H,21,23).